The van der Waals surface area contributed by atoms with E-state index in [9.17, 15) is 4.79 Å². The second-order valence-electron chi connectivity index (χ2n) is 3.53. The van der Waals surface area contributed by atoms with Crippen LogP contribution in [0.4, 0.5) is 4.79 Å². The number of alkyl halides is 3. The van der Waals surface area contributed by atoms with Crippen LogP contribution in [0.3, 0.4) is 0 Å². The number of ether oxygens (including phenoxy) is 3. The Kier molecular flexibility index (Phi) is 3.84. The molecule has 0 bridgehead atoms. The SMILES string of the molecule is COC(=O)NC1(C(Cl)(Cl)Cl)Oc2ccc(Cl)cc2O1. The van der Waals surface area contributed by atoms with Gasteiger partial charge in [0.25, 0.3) is 3.79 Å². The second kappa shape index (κ2) is 4.98. The summed E-state index contributed by atoms with van der Waals surface area (Å²) in [5, 5.41) is 2.61. The lowest BCUT2D eigenvalue weighted by Gasteiger charge is -2.32. The van der Waals surface area contributed by atoms with Gasteiger partial charge in [-0.2, -0.15) is 0 Å². The number of carbonyl (C=O) groups is 1. The van der Waals surface area contributed by atoms with E-state index < -0.39 is 15.8 Å². The molecule has 104 valence electrons. The Bertz CT molecular complexity index is 519. The molecule has 0 aliphatic carbocycles. The topological polar surface area (TPSA) is 56.8 Å². The molecule has 0 fully saturated rings. The number of fused-ring (bicyclic) bond motifs is 1. The minimum Gasteiger partial charge on any atom is -0.453 e. The van der Waals surface area contributed by atoms with Crippen molar-refractivity contribution in [2.24, 2.45) is 0 Å². The first-order valence-corrected chi connectivity index (χ1v) is 6.39. The number of amides is 1. The fourth-order valence-corrected chi connectivity index (χ4v) is 1.93. The first-order chi connectivity index (χ1) is 8.77. The molecule has 1 amide bonds. The highest BCUT2D eigenvalue weighted by Gasteiger charge is 2.60. The summed E-state index contributed by atoms with van der Waals surface area (Å²) >= 11 is 23.2. The van der Waals surface area contributed by atoms with Crippen LogP contribution in [0.1, 0.15) is 0 Å². The maximum atomic E-state index is 11.3. The summed E-state index contributed by atoms with van der Waals surface area (Å²) in [6, 6.07) is 4.55. The quantitative estimate of drug-likeness (QED) is 0.791. The molecule has 0 radical (unpaired) electrons. The molecule has 0 aromatic heterocycles. The highest BCUT2D eigenvalue weighted by atomic mass is 35.6. The molecule has 2 rings (SSSR count). The van der Waals surface area contributed by atoms with Crippen molar-refractivity contribution in [2.75, 3.05) is 7.11 Å². The zero-order chi connectivity index (χ0) is 14.3. The van der Waals surface area contributed by atoms with Gasteiger partial charge < -0.3 is 14.2 Å². The summed E-state index contributed by atoms with van der Waals surface area (Å²) in [4.78, 5) is 11.3. The molecule has 1 heterocycles. The molecule has 1 atom stereocenters. The fourth-order valence-electron chi connectivity index (χ4n) is 1.40. The average Bonchev–Trinajstić information content (AvgIpc) is 2.66. The zero-order valence-corrected chi connectivity index (χ0v) is 12.4. The third kappa shape index (κ3) is 2.74. The molecule has 1 N–H and O–H groups in total. The Morgan fingerprint density at radius 2 is 1.95 bits per heavy atom. The summed E-state index contributed by atoms with van der Waals surface area (Å²) in [7, 11) is 1.15. The van der Waals surface area contributed by atoms with Crippen LogP contribution < -0.4 is 14.8 Å². The monoisotopic (exact) mass is 345 g/mol. The van der Waals surface area contributed by atoms with Gasteiger partial charge in [0.2, 0.25) is 0 Å². The Morgan fingerprint density at radius 3 is 2.53 bits per heavy atom. The number of benzene rings is 1. The number of alkyl carbamates (subject to hydrolysis) is 1. The normalized spacial score (nSPS) is 21.1. The number of carbonyl (C=O) groups excluding carboxylic acids is 1. The van der Waals surface area contributed by atoms with Gasteiger partial charge in [0, 0.05) is 11.1 Å². The van der Waals surface area contributed by atoms with Gasteiger partial charge in [-0.3, -0.25) is 0 Å². The van der Waals surface area contributed by atoms with E-state index in [-0.39, 0.29) is 11.5 Å². The summed E-state index contributed by atoms with van der Waals surface area (Å²) in [5.41, 5.74) is 0. The molecule has 0 saturated carbocycles. The third-order valence-corrected chi connectivity index (χ3v) is 3.22. The Morgan fingerprint density at radius 1 is 1.32 bits per heavy atom. The highest BCUT2D eigenvalue weighted by Crippen LogP contribution is 2.49. The summed E-state index contributed by atoms with van der Waals surface area (Å²) < 4.78 is 13.1. The minimum atomic E-state index is -2.10. The van der Waals surface area contributed by atoms with E-state index in [1.807, 2.05) is 0 Å². The van der Waals surface area contributed by atoms with Crippen molar-refractivity contribution < 1.29 is 19.0 Å². The van der Waals surface area contributed by atoms with E-state index in [2.05, 4.69) is 10.1 Å². The third-order valence-electron chi connectivity index (χ3n) is 2.24. The molecular weight excluding hydrogens is 340 g/mol. The zero-order valence-electron chi connectivity index (χ0n) is 9.38. The number of halogens is 4. The molecule has 1 aliphatic rings. The number of hydrogen-bond donors (Lipinski definition) is 1. The Hall–Kier alpha value is -0.750. The van der Waals surface area contributed by atoms with Gasteiger partial charge in [-0.25, -0.2) is 10.1 Å². The van der Waals surface area contributed by atoms with E-state index in [1.54, 1.807) is 6.07 Å². The number of hydrogen-bond acceptors (Lipinski definition) is 4. The fraction of sp³-hybridized carbons (Fsp3) is 0.300. The average molecular weight is 347 g/mol. The van der Waals surface area contributed by atoms with Gasteiger partial charge >= 0.3 is 12.0 Å². The van der Waals surface area contributed by atoms with Crippen LogP contribution in [0, 0.1) is 0 Å². The van der Waals surface area contributed by atoms with Crippen LogP contribution in [0.5, 0.6) is 11.5 Å². The Labute approximate surface area is 128 Å². The Balaban J connectivity index is 2.37. The van der Waals surface area contributed by atoms with Gasteiger partial charge in [0.05, 0.1) is 7.11 Å². The van der Waals surface area contributed by atoms with Crippen LogP contribution in [0.25, 0.3) is 0 Å². The van der Waals surface area contributed by atoms with Crippen LogP contribution in [-0.2, 0) is 4.74 Å². The first-order valence-electron chi connectivity index (χ1n) is 4.88. The molecule has 0 spiro atoms. The van der Waals surface area contributed by atoms with E-state index in [1.165, 1.54) is 12.1 Å². The maximum absolute atomic E-state index is 11.3. The molecule has 1 aromatic rings. The van der Waals surface area contributed by atoms with Gasteiger partial charge in [-0.05, 0) is 12.1 Å². The van der Waals surface area contributed by atoms with Crippen molar-refractivity contribution in [2.45, 2.75) is 9.70 Å². The van der Waals surface area contributed by atoms with Crippen LogP contribution in [-0.4, -0.2) is 22.9 Å². The largest absolute Gasteiger partial charge is 0.453 e. The van der Waals surface area contributed by atoms with Crippen LogP contribution >= 0.6 is 46.4 Å². The van der Waals surface area contributed by atoms with Crippen LogP contribution in [0.15, 0.2) is 18.2 Å². The van der Waals surface area contributed by atoms with Gasteiger partial charge in [0.15, 0.2) is 11.5 Å². The summed E-state index contributed by atoms with van der Waals surface area (Å²) in [6.07, 6.45) is -0.884. The van der Waals surface area contributed by atoms with E-state index in [0.717, 1.165) is 7.11 Å². The molecular formula is C10H7Cl4NO4. The smallest absolute Gasteiger partial charge is 0.412 e. The lowest BCUT2D eigenvalue weighted by atomic mass is 10.3. The van der Waals surface area contributed by atoms with Gasteiger partial charge in [-0.15, -0.1) is 0 Å². The number of rotatable bonds is 1. The molecule has 0 saturated heterocycles. The minimum absolute atomic E-state index is 0.232. The maximum Gasteiger partial charge on any atom is 0.412 e. The summed E-state index contributed by atoms with van der Waals surface area (Å²) in [5.74, 6) is -1.53. The van der Waals surface area contributed by atoms with Crippen molar-refractivity contribution in [1.29, 1.82) is 0 Å². The number of nitrogens with one attached hydrogen (secondary N) is 1. The highest BCUT2D eigenvalue weighted by molar-refractivity contribution is 6.68. The standard InChI is InChI=1S/C10H7Cl4NO4/c1-17-8(16)15-10(9(12,13)14)18-6-3-2-5(11)4-7(6)19-10/h2-4H,1H3,(H,15,16). The molecule has 5 nitrogen and oxygen atoms in total. The second-order valence-corrected chi connectivity index (χ2v) is 6.24. The van der Waals surface area contributed by atoms with E-state index >= 15 is 0 Å². The van der Waals surface area contributed by atoms with Crippen LogP contribution in [0.2, 0.25) is 5.02 Å². The summed E-state index contributed by atoms with van der Waals surface area (Å²) in [6.45, 7) is 0. The number of methoxy groups -OCH3 is 1. The molecule has 1 unspecified atom stereocenters. The van der Waals surface area contributed by atoms with E-state index in [0.29, 0.717) is 5.02 Å². The lowest BCUT2D eigenvalue weighted by Crippen LogP contribution is -2.63. The molecule has 9 heteroatoms. The van der Waals surface area contributed by atoms with Gasteiger partial charge in [-0.1, -0.05) is 46.4 Å². The molecule has 1 aromatic carbocycles. The predicted octanol–water partition coefficient (Wildman–Crippen LogP) is 3.49. The van der Waals surface area contributed by atoms with Crippen molar-refractivity contribution >= 4 is 52.5 Å². The van der Waals surface area contributed by atoms with E-state index in [4.69, 9.17) is 55.9 Å². The van der Waals surface area contributed by atoms with Crippen molar-refractivity contribution in [3.8, 4) is 11.5 Å². The predicted molar refractivity (Wildman–Crippen MR) is 71.3 cm³/mol. The molecule has 1 aliphatic heterocycles. The van der Waals surface area contributed by atoms with Crippen molar-refractivity contribution in [1.82, 2.24) is 5.32 Å². The first kappa shape index (κ1) is 14.7. The van der Waals surface area contributed by atoms with Gasteiger partial charge in [0.1, 0.15) is 0 Å². The van der Waals surface area contributed by atoms with Crippen molar-refractivity contribution in [3.05, 3.63) is 23.2 Å². The molecule has 19 heavy (non-hydrogen) atoms. The lowest BCUT2D eigenvalue weighted by molar-refractivity contribution is -0.0981. The van der Waals surface area contributed by atoms with Crippen molar-refractivity contribution in [3.63, 3.8) is 0 Å².